The number of carbonyl (C=O) groups is 1. The molecule has 0 aliphatic carbocycles. The summed E-state index contributed by atoms with van der Waals surface area (Å²) in [6.07, 6.45) is 0. The molecule has 11 heteroatoms. The molecule has 2 N–H and O–H groups in total. The second-order valence-electron chi connectivity index (χ2n) is 5.87. The van der Waals surface area contributed by atoms with Crippen LogP contribution >= 0.6 is 11.3 Å². The van der Waals surface area contributed by atoms with Crippen molar-refractivity contribution in [2.24, 2.45) is 0 Å². The van der Waals surface area contributed by atoms with Crippen molar-refractivity contribution in [3.63, 3.8) is 0 Å². The van der Waals surface area contributed by atoms with Gasteiger partial charge in [0.15, 0.2) is 11.5 Å². The third kappa shape index (κ3) is 4.81. The minimum atomic E-state index is -3.92. The maximum atomic E-state index is 12.5. The molecule has 1 aromatic heterocycles. The van der Waals surface area contributed by atoms with Crippen molar-refractivity contribution in [1.82, 2.24) is 10.2 Å². The van der Waals surface area contributed by atoms with Gasteiger partial charge >= 0.3 is 0 Å². The van der Waals surface area contributed by atoms with Gasteiger partial charge in [-0.05, 0) is 42.8 Å². The van der Waals surface area contributed by atoms with E-state index >= 15 is 0 Å². The first-order valence-corrected chi connectivity index (χ1v) is 10.6. The number of nitrogens with one attached hydrogen (secondary N) is 2. The highest BCUT2D eigenvalue weighted by atomic mass is 32.2. The summed E-state index contributed by atoms with van der Waals surface area (Å²) in [5, 5.41) is 10.00. The van der Waals surface area contributed by atoms with Gasteiger partial charge in [-0.15, -0.1) is 10.2 Å². The van der Waals surface area contributed by atoms with E-state index in [2.05, 4.69) is 20.2 Å². The Hall–Kier alpha value is -3.18. The number of sulfonamides is 1. The molecule has 0 atom stereocenters. The van der Waals surface area contributed by atoms with E-state index in [0.717, 1.165) is 16.9 Å². The van der Waals surface area contributed by atoms with Crippen molar-refractivity contribution >= 4 is 38.1 Å². The van der Waals surface area contributed by atoms with E-state index in [4.69, 9.17) is 9.47 Å². The fourth-order valence-electron chi connectivity index (χ4n) is 2.42. The number of hydrogen-bond acceptors (Lipinski definition) is 8. The lowest BCUT2D eigenvalue weighted by atomic mass is 10.2. The topological polar surface area (TPSA) is 120 Å². The summed E-state index contributed by atoms with van der Waals surface area (Å²) in [5.41, 5.74) is 1.61. The number of anilines is 2. The highest BCUT2D eigenvalue weighted by Crippen LogP contribution is 2.28. The predicted octanol–water partition coefficient (Wildman–Crippen LogP) is 2.92. The normalized spacial score (nSPS) is 11.0. The zero-order valence-corrected chi connectivity index (χ0v) is 17.4. The number of aryl methyl sites for hydroxylation is 1. The highest BCUT2D eigenvalue weighted by molar-refractivity contribution is 7.94. The summed E-state index contributed by atoms with van der Waals surface area (Å²) < 4.78 is 37.5. The Labute approximate surface area is 171 Å². The van der Waals surface area contributed by atoms with Crippen LogP contribution in [0.25, 0.3) is 0 Å². The molecule has 0 saturated carbocycles. The van der Waals surface area contributed by atoms with Crippen LogP contribution in [-0.2, 0) is 10.0 Å². The first-order valence-electron chi connectivity index (χ1n) is 8.29. The van der Waals surface area contributed by atoms with Crippen molar-refractivity contribution in [2.45, 2.75) is 11.3 Å². The minimum absolute atomic E-state index is 0.0504. The van der Waals surface area contributed by atoms with E-state index in [1.165, 1.54) is 20.3 Å². The van der Waals surface area contributed by atoms with Crippen molar-refractivity contribution in [3.8, 4) is 11.5 Å². The monoisotopic (exact) mass is 434 g/mol. The van der Waals surface area contributed by atoms with Gasteiger partial charge in [0.25, 0.3) is 20.3 Å². The molecule has 0 radical (unpaired) electrons. The number of ether oxygens (including phenoxy) is 2. The van der Waals surface area contributed by atoms with Crippen LogP contribution in [0.2, 0.25) is 0 Å². The van der Waals surface area contributed by atoms with Gasteiger partial charge in [0.05, 0.1) is 14.2 Å². The van der Waals surface area contributed by atoms with Gasteiger partial charge in [-0.2, -0.15) is 8.42 Å². The summed E-state index contributed by atoms with van der Waals surface area (Å²) in [5.74, 6) is 0.385. The Morgan fingerprint density at radius 1 is 1.03 bits per heavy atom. The molecule has 0 fully saturated rings. The minimum Gasteiger partial charge on any atom is -0.493 e. The van der Waals surface area contributed by atoms with Crippen LogP contribution in [-0.4, -0.2) is 38.7 Å². The molecule has 152 valence electrons. The number of amides is 1. The van der Waals surface area contributed by atoms with Gasteiger partial charge in [-0.3, -0.25) is 14.8 Å². The Morgan fingerprint density at radius 3 is 2.48 bits per heavy atom. The fraction of sp³-hybridized carbons (Fsp3) is 0.167. The van der Waals surface area contributed by atoms with E-state index < -0.39 is 15.9 Å². The number of hydrogen-bond donors (Lipinski definition) is 2. The molecule has 0 unspecified atom stereocenters. The van der Waals surface area contributed by atoms with Gasteiger partial charge in [0, 0.05) is 11.3 Å². The lowest BCUT2D eigenvalue weighted by Gasteiger charge is -2.09. The smallest absolute Gasteiger partial charge is 0.291 e. The molecule has 0 aliphatic heterocycles. The molecule has 0 aliphatic rings. The largest absolute Gasteiger partial charge is 0.493 e. The van der Waals surface area contributed by atoms with Gasteiger partial charge in [0.1, 0.15) is 0 Å². The van der Waals surface area contributed by atoms with Crippen LogP contribution in [0.3, 0.4) is 0 Å². The second kappa shape index (κ2) is 8.45. The second-order valence-corrected chi connectivity index (χ2v) is 8.71. The average Bonchev–Trinajstić information content (AvgIpc) is 3.16. The van der Waals surface area contributed by atoms with Gasteiger partial charge in [-0.1, -0.05) is 23.5 Å². The Balaban J connectivity index is 1.75. The molecule has 3 rings (SSSR count). The highest BCUT2D eigenvalue weighted by Gasteiger charge is 2.21. The molecule has 1 heterocycles. The van der Waals surface area contributed by atoms with Gasteiger partial charge in [-0.25, -0.2) is 0 Å². The summed E-state index contributed by atoms with van der Waals surface area (Å²) in [4.78, 5) is 12.4. The maximum absolute atomic E-state index is 12.5. The summed E-state index contributed by atoms with van der Waals surface area (Å²) in [6, 6.07) is 11.6. The molecular formula is C18H18N4O5S2. The Morgan fingerprint density at radius 2 is 1.79 bits per heavy atom. The number of carbonyl (C=O) groups excluding carboxylic acids is 1. The first kappa shape index (κ1) is 20.6. The standard InChI is InChI=1S/C18H18N4O5S2/c1-11-5-4-6-13(9-11)22-29(24,25)18-21-20-17(28-18)19-16(23)12-7-8-14(26-2)15(10-12)27-3/h4-10,22H,1-3H3,(H,19,20,23). The number of nitrogens with zero attached hydrogens (tertiary/aromatic N) is 2. The molecule has 0 bridgehead atoms. The molecule has 3 aromatic rings. The first-order chi connectivity index (χ1) is 13.8. The van der Waals surface area contributed by atoms with Crippen LogP contribution in [0, 0.1) is 6.92 Å². The third-order valence-electron chi connectivity index (χ3n) is 3.77. The zero-order chi connectivity index (χ0) is 21.0. The molecular weight excluding hydrogens is 416 g/mol. The zero-order valence-electron chi connectivity index (χ0n) is 15.8. The van der Waals surface area contributed by atoms with Crippen molar-refractivity contribution < 1.29 is 22.7 Å². The quantitative estimate of drug-likeness (QED) is 0.549. The molecule has 0 spiro atoms. The van der Waals surface area contributed by atoms with E-state index in [1.807, 2.05) is 13.0 Å². The van der Waals surface area contributed by atoms with Crippen molar-refractivity contribution in [3.05, 3.63) is 53.6 Å². The fourth-order valence-corrected chi connectivity index (χ4v) is 4.37. The number of rotatable bonds is 7. The SMILES string of the molecule is COc1ccc(C(=O)Nc2nnc(S(=O)(=O)Nc3cccc(C)c3)s2)cc1OC. The summed E-state index contributed by atoms with van der Waals surface area (Å²) >= 11 is 0.743. The molecule has 29 heavy (non-hydrogen) atoms. The van der Waals surface area contributed by atoms with E-state index in [1.54, 1.807) is 30.3 Å². The average molecular weight is 434 g/mol. The predicted molar refractivity (Wildman–Crippen MR) is 109 cm³/mol. The van der Waals surface area contributed by atoms with Crippen molar-refractivity contribution in [1.29, 1.82) is 0 Å². The van der Waals surface area contributed by atoms with Crippen molar-refractivity contribution in [2.75, 3.05) is 24.3 Å². The van der Waals surface area contributed by atoms with Crippen LogP contribution in [0.4, 0.5) is 10.8 Å². The van der Waals surface area contributed by atoms with Crippen LogP contribution in [0.15, 0.2) is 46.8 Å². The number of aromatic nitrogens is 2. The van der Waals surface area contributed by atoms with E-state index in [-0.39, 0.29) is 9.47 Å². The summed E-state index contributed by atoms with van der Waals surface area (Å²) in [7, 11) is -0.970. The maximum Gasteiger partial charge on any atom is 0.291 e. The van der Waals surface area contributed by atoms with E-state index in [0.29, 0.717) is 22.7 Å². The Kier molecular flexibility index (Phi) is 5.99. The molecule has 9 nitrogen and oxygen atoms in total. The molecule has 0 saturated heterocycles. The lowest BCUT2D eigenvalue weighted by molar-refractivity contribution is 0.102. The third-order valence-corrected chi connectivity index (χ3v) is 6.36. The number of methoxy groups -OCH3 is 2. The molecule has 2 aromatic carbocycles. The van der Waals surface area contributed by atoms with Crippen LogP contribution < -0.4 is 19.5 Å². The molecule has 1 amide bonds. The Bertz CT molecular complexity index is 1140. The van der Waals surface area contributed by atoms with Gasteiger partial charge in [0.2, 0.25) is 5.13 Å². The lowest BCUT2D eigenvalue weighted by Crippen LogP contribution is -2.12. The van der Waals surface area contributed by atoms with Gasteiger partial charge < -0.3 is 9.47 Å². The van der Waals surface area contributed by atoms with E-state index in [9.17, 15) is 13.2 Å². The summed E-state index contributed by atoms with van der Waals surface area (Å²) in [6.45, 7) is 1.85. The van der Waals surface area contributed by atoms with Crippen LogP contribution in [0.1, 0.15) is 15.9 Å². The van der Waals surface area contributed by atoms with Crippen LogP contribution in [0.5, 0.6) is 11.5 Å². The number of benzene rings is 2.